The summed E-state index contributed by atoms with van der Waals surface area (Å²) in [5.41, 5.74) is 0.784. The van der Waals surface area contributed by atoms with Crippen molar-refractivity contribution in [1.82, 2.24) is 4.90 Å². The molecule has 1 heterocycles. The number of thioether (sulfide) groups is 2. The van der Waals surface area contributed by atoms with Gasteiger partial charge in [-0.15, -0.1) is 11.8 Å². The third-order valence-electron chi connectivity index (χ3n) is 4.69. The molecule has 0 aromatic heterocycles. The first-order valence-electron chi connectivity index (χ1n) is 8.49. The van der Waals surface area contributed by atoms with Gasteiger partial charge in [0, 0.05) is 34.9 Å². The Morgan fingerprint density at radius 1 is 1.22 bits per heavy atom. The molecule has 5 heteroatoms. The van der Waals surface area contributed by atoms with E-state index >= 15 is 0 Å². The van der Waals surface area contributed by atoms with E-state index in [1.54, 1.807) is 17.8 Å². The van der Waals surface area contributed by atoms with Gasteiger partial charge in [0.25, 0.3) is 0 Å². The molecule has 0 N–H and O–H groups in total. The summed E-state index contributed by atoms with van der Waals surface area (Å²) in [4.78, 5) is 14.4. The van der Waals surface area contributed by atoms with Crippen LogP contribution in [0.2, 0.25) is 0 Å². The first kappa shape index (κ1) is 17.2. The number of carbonyl (C=O) groups is 1. The Balaban J connectivity index is 1.51. The van der Waals surface area contributed by atoms with E-state index in [4.69, 9.17) is 0 Å². The van der Waals surface area contributed by atoms with Gasteiger partial charge in [-0.3, -0.25) is 4.79 Å². The van der Waals surface area contributed by atoms with Crippen LogP contribution in [0.25, 0.3) is 0 Å². The molecule has 2 fully saturated rings. The van der Waals surface area contributed by atoms with Gasteiger partial charge in [0.15, 0.2) is 0 Å². The maximum atomic E-state index is 14.0. The van der Waals surface area contributed by atoms with Crippen LogP contribution >= 0.6 is 23.5 Å². The van der Waals surface area contributed by atoms with Gasteiger partial charge in [-0.2, -0.15) is 11.8 Å². The van der Waals surface area contributed by atoms with Crippen LogP contribution in [0, 0.1) is 5.82 Å². The smallest absolute Gasteiger partial charge is 0.232 e. The van der Waals surface area contributed by atoms with Gasteiger partial charge in [-0.1, -0.05) is 31.0 Å². The van der Waals surface area contributed by atoms with Gasteiger partial charge < -0.3 is 4.90 Å². The number of amides is 1. The summed E-state index contributed by atoms with van der Waals surface area (Å²) < 4.78 is 14.0. The number of nitrogens with zero attached hydrogens (tertiary/aromatic N) is 1. The summed E-state index contributed by atoms with van der Waals surface area (Å²) in [5.74, 6) is 1.64. The molecule has 1 atom stereocenters. The van der Waals surface area contributed by atoms with Crippen molar-refractivity contribution in [2.24, 2.45) is 0 Å². The molecular weight excluding hydrogens is 329 g/mol. The van der Waals surface area contributed by atoms with Crippen LogP contribution in [-0.4, -0.2) is 40.7 Å². The number of hydrogen-bond donors (Lipinski definition) is 0. The van der Waals surface area contributed by atoms with E-state index in [0.29, 0.717) is 11.0 Å². The zero-order valence-corrected chi connectivity index (χ0v) is 15.0. The molecule has 2 nitrogen and oxygen atoms in total. The Labute approximate surface area is 146 Å². The van der Waals surface area contributed by atoms with Crippen molar-refractivity contribution in [3.05, 3.63) is 35.6 Å². The summed E-state index contributed by atoms with van der Waals surface area (Å²) in [6.07, 6.45) is 6.00. The van der Waals surface area contributed by atoms with E-state index in [1.165, 1.54) is 31.7 Å². The van der Waals surface area contributed by atoms with Crippen molar-refractivity contribution >= 4 is 29.4 Å². The lowest BCUT2D eigenvalue weighted by molar-refractivity contribution is -0.128. The zero-order valence-electron chi connectivity index (χ0n) is 13.4. The standard InChI is InChI=1S/C18H24FNOS2/c19-16-8-4-3-7-15(16)17-9-10-20(11-12-22-17)18(21)13-23-14-5-1-2-6-14/h3-4,7-8,14,17H,1-2,5-6,9-13H2/t17-/m0/s1. The lowest BCUT2D eigenvalue weighted by atomic mass is 10.1. The largest absolute Gasteiger partial charge is 0.341 e. The fourth-order valence-corrected chi connectivity index (χ4v) is 5.82. The molecule has 0 unspecified atom stereocenters. The number of hydrogen-bond acceptors (Lipinski definition) is 3. The molecule has 3 rings (SSSR count). The van der Waals surface area contributed by atoms with Gasteiger partial charge in [0.05, 0.1) is 5.75 Å². The minimum absolute atomic E-state index is 0.124. The second-order valence-electron chi connectivity index (χ2n) is 6.27. The molecule has 0 radical (unpaired) electrons. The third-order valence-corrected chi connectivity index (χ3v) is 7.36. The first-order valence-corrected chi connectivity index (χ1v) is 10.6. The monoisotopic (exact) mass is 353 g/mol. The van der Waals surface area contributed by atoms with Crippen LogP contribution in [0.4, 0.5) is 4.39 Å². The van der Waals surface area contributed by atoms with E-state index < -0.39 is 0 Å². The molecule has 1 aliphatic carbocycles. The third kappa shape index (κ3) is 4.66. The maximum absolute atomic E-state index is 14.0. The molecule has 0 bridgehead atoms. The van der Waals surface area contributed by atoms with Crippen molar-refractivity contribution in [2.45, 2.75) is 42.6 Å². The zero-order chi connectivity index (χ0) is 16.1. The molecule has 2 aliphatic rings. The highest BCUT2D eigenvalue weighted by Gasteiger charge is 2.24. The van der Waals surface area contributed by atoms with Crippen molar-refractivity contribution in [3.8, 4) is 0 Å². The van der Waals surface area contributed by atoms with Crippen molar-refractivity contribution in [3.63, 3.8) is 0 Å². The number of halogens is 1. The topological polar surface area (TPSA) is 20.3 Å². The van der Waals surface area contributed by atoms with E-state index in [2.05, 4.69) is 0 Å². The van der Waals surface area contributed by atoms with Gasteiger partial charge in [0.2, 0.25) is 5.91 Å². The molecule has 1 aromatic rings. The fourth-order valence-electron chi connectivity index (χ4n) is 3.34. The summed E-state index contributed by atoms with van der Waals surface area (Å²) in [6.45, 7) is 1.54. The molecule has 1 aliphatic heterocycles. The van der Waals surface area contributed by atoms with E-state index in [-0.39, 0.29) is 17.0 Å². The second-order valence-corrected chi connectivity index (χ2v) is 8.87. The van der Waals surface area contributed by atoms with Gasteiger partial charge >= 0.3 is 0 Å². The minimum Gasteiger partial charge on any atom is -0.341 e. The first-order chi connectivity index (χ1) is 11.2. The number of benzene rings is 1. The van der Waals surface area contributed by atoms with Crippen molar-refractivity contribution in [1.29, 1.82) is 0 Å². The normalized spacial score (nSPS) is 23.0. The molecule has 23 heavy (non-hydrogen) atoms. The second kappa shape index (κ2) is 8.43. The highest BCUT2D eigenvalue weighted by atomic mass is 32.2. The fraction of sp³-hybridized carbons (Fsp3) is 0.611. The van der Waals surface area contributed by atoms with Crippen LogP contribution < -0.4 is 0 Å². The van der Waals surface area contributed by atoms with Crippen LogP contribution in [0.5, 0.6) is 0 Å². The van der Waals surface area contributed by atoms with Gasteiger partial charge in [0.1, 0.15) is 5.82 Å². The van der Waals surface area contributed by atoms with E-state index in [0.717, 1.165) is 30.8 Å². The van der Waals surface area contributed by atoms with Crippen LogP contribution in [0.3, 0.4) is 0 Å². The number of carbonyl (C=O) groups excluding carboxylic acids is 1. The molecule has 1 amide bonds. The van der Waals surface area contributed by atoms with Gasteiger partial charge in [-0.05, 0) is 25.3 Å². The van der Waals surface area contributed by atoms with E-state index in [9.17, 15) is 9.18 Å². The minimum atomic E-state index is -0.124. The molecule has 1 saturated heterocycles. The summed E-state index contributed by atoms with van der Waals surface area (Å²) >= 11 is 3.61. The Bertz CT molecular complexity index is 534. The predicted octanol–water partition coefficient (Wildman–Crippen LogP) is 4.51. The quantitative estimate of drug-likeness (QED) is 0.794. The Kier molecular flexibility index (Phi) is 6.29. The lowest BCUT2D eigenvalue weighted by Crippen LogP contribution is -2.34. The molecule has 126 valence electrons. The number of rotatable bonds is 4. The van der Waals surface area contributed by atoms with Crippen molar-refractivity contribution in [2.75, 3.05) is 24.6 Å². The van der Waals surface area contributed by atoms with Crippen LogP contribution in [0.15, 0.2) is 24.3 Å². The maximum Gasteiger partial charge on any atom is 0.232 e. The summed E-state index contributed by atoms with van der Waals surface area (Å²) in [5, 5.41) is 0.850. The summed E-state index contributed by atoms with van der Waals surface area (Å²) in [6, 6.07) is 7.03. The predicted molar refractivity (Wildman–Crippen MR) is 97.5 cm³/mol. The average molecular weight is 354 g/mol. The van der Waals surface area contributed by atoms with Gasteiger partial charge in [-0.25, -0.2) is 4.39 Å². The highest BCUT2D eigenvalue weighted by Crippen LogP contribution is 2.36. The molecule has 1 saturated carbocycles. The Morgan fingerprint density at radius 2 is 2.00 bits per heavy atom. The Hall–Kier alpha value is -0.680. The van der Waals surface area contributed by atoms with Crippen LogP contribution in [0.1, 0.15) is 42.9 Å². The van der Waals surface area contributed by atoms with Crippen molar-refractivity contribution < 1.29 is 9.18 Å². The summed E-state index contributed by atoms with van der Waals surface area (Å²) in [7, 11) is 0. The average Bonchev–Trinajstić information content (AvgIpc) is 2.96. The van der Waals surface area contributed by atoms with E-state index in [1.807, 2.05) is 28.8 Å². The van der Waals surface area contributed by atoms with Crippen LogP contribution in [-0.2, 0) is 4.79 Å². The molecule has 1 aromatic carbocycles. The highest BCUT2D eigenvalue weighted by molar-refractivity contribution is 8.00. The Morgan fingerprint density at radius 3 is 2.78 bits per heavy atom. The SMILES string of the molecule is O=C(CSC1CCCC1)N1CCS[C@H](c2ccccc2F)CC1. The molecule has 0 spiro atoms. The molecular formula is C18H24FNOS2. The lowest BCUT2D eigenvalue weighted by Gasteiger charge is -2.21.